The number of hydrogen-bond acceptors (Lipinski definition) is 4. The standard InChI is InChI=1S/C21H31N5O/c1-4-18-15-19(27-24-18)16-23-21(22-3)26-13-11-25(12-14-26)20(5-2)17-9-7-6-8-10-17/h6-10,15,20H,4-5,11-14,16H2,1-3H3,(H,22,23). The molecule has 0 spiro atoms. The number of aryl methyl sites for hydroxylation is 1. The Kier molecular flexibility index (Phi) is 6.87. The fraction of sp³-hybridized carbons (Fsp3) is 0.524. The molecule has 6 nitrogen and oxygen atoms in total. The van der Waals surface area contributed by atoms with E-state index >= 15 is 0 Å². The number of rotatable bonds is 6. The molecule has 0 aliphatic carbocycles. The Hall–Kier alpha value is -2.34. The first kappa shape index (κ1) is 19.4. The lowest BCUT2D eigenvalue weighted by Crippen LogP contribution is -2.52. The summed E-state index contributed by atoms with van der Waals surface area (Å²) in [6.07, 6.45) is 2.02. The van der Waals surface area contributed by atoms with Crippen LogP contribution in [0.5, 0.6) is 0 Å². The second-order valence-electron chi connectivity index (χ2n) is 6.90. The quantitative estimate of drug-likeness (QED) is 0.626. The van der Waals surface area contributed by atoms with Gasteiger partial charge in [-0.1, -0.05) is 49.3 Å². The van der Waals surface area contributed by atoms with Gasteiger partial charge in [0, 0.05) is 45.3 Å². The van der Waals surface area contributed by atoms with Gasteiger partial charge in [0.2, 0.25) is 0 Å². The van der Waals surface area contributed by atoms with Crippen molar-refractivity contribution in [3.8, 4) is 0 Å². The van der Waals surface area contributed by atoms with Gasteiger partial charge in [0.1, 0.15) is 0 Å². The summed E-state index contributed by atoms with van der Waals surface area (Å²) in [4.78, 5) is 9.36. The summed E-state index contributed by atoms with van der Waals surface area (Å²) in [7, 11) is 1.84. The molecule has 1 N–H and O–H groups in total. The van der Waals surface area contributed by atoms with E-state index in [0.717, 1.165) is 56.4 Å². The Morgan fingerprint density at radius 2 is 1.93 bits per heavy atom. The highest BCUT2D eigenvalue weighted by atomic mass is 16.5. The van der Waals surface area contributed by atoms with E-state index in [4.69, 9.17) is 4.52 Å². The van der Waals surface area contributed by atoms with Crippen LogP contribution in [-0.4, -0.2) is 54.1 Å². The van der Waals surface area contributed by atoms with Gasteiger partial charge < -0.3 is 14.7 Å². The highest BCUT2D eigenvalue weighted by Gasteiger charge is 2.25. The van der Waals surface area contributed by atoms with Gasteiger partial charge in [-0.05, 0) is 18.4 Å². The monoisotopic (exact) mass is 369 g/mol. The summed E-state index contributed by atoms with van der Waals surface area (Å²) in [6, 6.07) is 13.3. The number of hydrogen-bond donors (Lipinski definition) is 1. The van der Waals surface area contributed by atoms with E-state index in [1.165, 1.54) is 5.56 Å². The van der Waals surface area contributed by atoms with Crippen molar-refractivity contribution >= 4 is 5.96 Å². The lowest BCUT2D eigenvalue weighted by atomic mass is 10.0. The van der Waals surface area contributed by atoms with E-state index in [1.54, 1.807) is 0 Å². The van der Waals surface area contributed by atoms with Gasteiger partial charge in [-0.15, -0.1) is 0 Å². The van der Waals surface area contributed by atoms with Crippen molar-refractivity contribution in [2.75, 3.05) is 33.2 Å². The van der Waals surface area contributed by atoms with Crippen LogP contribution in [0.25, 0.3) is 0 Å². The van der Waals surface area contributed by atoms with Crippen LogP contribution < -0.4 is 5.32 Å². The third-order valence-electron chi connectivity index (χ3n) is 5.23. The largest absolute Gasteiger partial charge is 0.359 e. The summed E-state index contributed by atoms with van der Waals surface area (Å²) in [6.45, 7) is 8.98. The normalized spacial score (nSPS) is 17.1. The van der Waals surface area contributed by atoms with Crippen molar-refractivity contribution in [1.29, 1.82) is 0 Å². The zero-order valence-electron chi connectivity index (χ0n) is 16.7. The van der Waals surface area contributed by atoms with Crippen molar-refractivity contribution in [3.63, 3.8) is 0 Å². The van der Waals surface area contributed by atoms with Gasteiger partial charge in [-0.25, -0.2) is 0 Å². The second kappa shape index (κ2) is 9.55. The predicted octanol–water partition coefficient (Wildman–Crippen LogP) is 3.08. The van der Waals surface area contributed by atoms with E-state index in [9.17, 15) is 0 Å². The Labute approximate surface area is 162 Å². The van der Waals surface area contributed by atoms with Gasteiger partial charge in [0.25, 0.3) is 0 Å². The van der Waals surface area contributed by atoms with Crippen LogP contribution >= 0.6 is 0 Å². The Morgan fingerprint density at radius 3 is 2.52 bits per heavy atom. The number of guanidine groups is 1. The van der Waals surface area contributed by atoms with E-state index in [1.807, 2.05) is 13.1 Å². The minimum Gasteiger partial charge on any atom is -0.359 e. The average Bonchev–Trinajstić information content (AvgIpc) is 3.19. The van der Waals surface area contributed by atoms with Crippen LogP contribution in [-0.2, 0) is 13.0 Å². The lowest BCUT2D eigenvalue weighted by molar-refractivity contribution is 0.126. The Morgan fingerprint density at radius 1 is 1.19 bits per heavy atom. The maximum absolute atomic E-state index is 5.36. The van der Waals surface area contributed by atoms with Crippen LogP contribution in [0.1, 0.15) is 43.3 Å². The Balaban J connectivity index is 1.53. The lowest BCUT2D eigenvalue weighted by Gasteiger charge is -2.40. The minimum absolute atomic E-state index is 0.491. The molecule has 0 saturated carbocycles. The molecule has 27 heavy (non-hydrogen) atoms. The maximum atomic E-state index is 5.36. The first-order valence-electron chi connectivity index (χ1n) is 9.94. The predicted molar refractivity (Wildman–Crippen MR) is 109 cm³/mol. The fourth-order valence-corrected chi connectivity index (χ4v) is 3.73. The molecule has 1 aliphatic heterocycles. The van der Waals surface area contributed by atoms with E-state index in [0.29, 0.717) is 12.6 Å². The van der Waals surface area contributed by atoms with Crippen LogP contribution in [0.15, 0.2) is 45.9 Å². The van der Waals surface area contributed by atoms with Crippen LogP contribution in [0.3, 0.4) is 0 Å². The molecule has 1 unspecified atom stereocenters. The molecule has 1 aliphatic rings. The number of nitrogens with one attached hydrogen (secondary N) is 1. The number of aromatic nitrogens is 1. The maximum Gasteiger partial charge on any atom is 0.194 e. The van der Waals surface area contributed by atoms with E-state index in [-0.39, 0.29) is 0 Å². The summed E-state index contributed by atoms with van der Waals surface area (Å²) in [5.41, 5.74) is 2.40. The summed E-state index contributed by atoms with van der Waals surface area (Å²) in [5, 5.41) is 7.45. The average molecular weight is 370 g/mol. The minimum atomic E-state index is 0.491. The summed E-state index contributed by atoms with van der Waals surface area (Å²) < 4.78 is 5.36. The summed E-state index contributed by atoms with van der Waals surface area (Å²) in [5.74, 6) is 1.78. The second-order valence-corrected chi connectivity index (χ2v) is 6.90. The smallest absolute Gasteiger partial charge is 0.194 e. The van der Waals surface area contributed by atoms with Crippen molar-refractivity contribution < 1.29 is 4.52 Å². The molecule has 0 bridgehead atoms. The number of benzene rings is 1. The molecule has 0 amide bonds. The van der Waals surface area contributed by atoms with Crippen molar-refractivity contribution in [1.82, 2.24) is 20.3 Å². The highest BCUT2D eigenvalue weighted by Crippen LogP contribution is 2.25. The van der Waals surface area contributed by atoms with E-state index < -0.39 is 0 Å². The topological polar surface area (TPSA) is 56.9 Å². The fourth-order valence-electron chi connectivity index (χ4n) is 3.73. The Bertz CT molecular complexity index is 719. The van der Waals surface area contributed by atoms with Gasteiger partial charge >= 0.3 is 0 Å². The number of nitrogens with zero attached hydrogens (tertiary/aromatic N) is 4. The number of piperazine rings is 1. The van der Waals surface area contributed by atoms with Gasteiger partial charge in [0.15, 0.2) is 11.7 Å². The molecule has 1 aromatic heterocycles. The summed E-state index contributed by atoms with van der Waals surface area (Å²) >= 11 is 0. The van der Waals surface area contributed by atoms with Crippen LogP contribution in [0.4, 0.5) is 0 Å². The zero-order chi connectivity index (χ0) is 19.1. The molecule has 2 heterocycles. The SMILES string of the molecule is CCc1cc(CNC(=NC)N2CCN(C(CC)c3ccccc3)CC2)on1. The van der Waals surface area contributed by atoms with Gasteiger partial charge in [-0.2, -0.15) is 0 Å². The van der Waals surface area contributed by atoms with Gasteiger partial charge in [0.05, 0.1) is 12.2 Å². The molecule has 146 valence electrons. The third kappa shape index (κ3) is 4.89. The molecule has 1 fully saturated rings. The molecular formula is C21H31N5O. The first-order chi connectivity index (χ1) is 13.2. The van der Waals surface area contributed by atoms with Crippen molar-refractivity contribution in [2.45, 2.75) is 39.3 Å². The first-order valence-corrected chi connectivity index (χ1v) is 9.94. The van der Waals surface area contributed by atoms with Gasteiger partial charge in [-0.3, -0.25) is 9.89 Å². The van der Waals surface area contributed by atoms with Crippen molar-refractivity contribution in [2.24, 2.45) is 4.99 Å². The van der Waals surface area contributed by atoms with Crippen LogP contribution in [0.2, 0.25) is 0 Å². The number of aliphatic imine (C=N–C) groups is 1. The molecule has 3 rings (SSSR count). The zero-order valence-corrected chi connectivity index (χ0v) is 16.7. The molecule has 0 radical (unpaired) electrons. The van der Waals surface area contributed by atoms with Crippen molar-refractivity contribution in [3.05, 3.63) is 53.4 Å². The molecule has 1 aromatic carbocycles. The molecule has 6 heteroatoms. The molecule has 1 saturated heterocycles. The molecular weight excluding hydrogens is 338 g/mol. The van der Waals surface area contributed by atoms with E-state index in [2.05, 4.69) is 69.4 Å². The third-order valence-corrected chi connectivity index (χ3v) is 5.23. The molecule has 2 aromatic rings. The highest BCUT2D eigenvalue weighted by molar-refractivity contribution is 5.79. The molecule has 1 atom stereocenters. The van der Waals surface area contributed by atoms with Crippen LogP contribution in [0, 0.1) is 0 Å².